The summed E-state index contributed by atoms with van der Waals surface area (Å²) in [5, 5.41) is 3.80. The van der Waals surface area contributed by atoms with Gasteiger partial charge in [0.25, 0.3) is 5.56 Å². The summed E-state index contributed by atoms with van der Waals surface area (Å²) in [5.41, 5.74) is 2.32. The largest absolute Gasteiger partial charge is 0.309 e. The second kappa shape index (κ2) is 5.80. The van der Waals surface area contributed by atoms with Crippen LogP contribution in [0.3, 0.4) is 0 Å². The summed E-state index contributed by atoms with van der Waals surface area (Å²) in [7, 11) is 0. The van der Waals surface area contributed by atoms with E-state index in [0.29, 0.717) is 29.8 Å². The van der Waals surface area contributed by atoms with E-state index in [-0.39, 0.29) is 5.56 Å². The lowest BCUT2D eigenvalue weighted by Crippen LogP contribution is -2.19. The molecular weight excluding hydrogens is 266 g/mol. The van der Waals surface area contributed by atoms with Gasteiger partial charge in [-0.15, -0.1) is 0 Å². The van der Waals surface area contributed by atoms with E-state index in [1.54, 1.807) is 18.5 Å². The summed E-state index contributed by atoms with van der Waals surface area (Å²) >= 11 is 0. The Balaban J connectivity index is 1.70. The molecule has 0 aliphatic heterocycles. The lowest BCUT2D eigenvalue weighted by Gasteiger charge is -2.05. The van der Waals surface area contributed by atoms with E-state index in [2.05, 4.69) is 25.3 Å². The fourth-order valence-corrected chi connectivity index (χ4v) is 2.04. The van der Waals surface area contributed by atoms with Crippen LogP contribution in [0.15, 0.2) is 41.5 Å². The van der Waals surface area contributed by atoms with Gasteiger partial charge in [-0.3, -0.25) is 14.8 Å². The molecule has 2 aromatic heterocycles. The van der Waals surface area contributed by atoms with Gasteiger partial charge in [0.15, 0.2) is 0 Å². The Kier molecular flexibility index (Phi) is 3.70. The standard InChI is InChI=1S/C15H15N5O/c1-10-6-18-11(8-17-10)7-16-9-14-19-13-5-3-2-4-12(13)15(21)20-14/h2-6,8,16H,7,9H2,1H3,(H,19,20,21). The smallest absolute Gasteiger partial charge is 0.258 e. The fraction of sp³-hybridized carbons (Fsp3) is 0.200. The van der Waals surface area contributed by atoms with E-state index >= 15 is 0 Å². The number of rotatable bonds is 4. The van der Waals surface area contributed by atoms with Crippen LogP contribution in [-0.4, -0.2) is 19.9 Å². The molecule has 3 rings (SSSR count). The van der Waals surface area contributed by atoms with Crippen LogP contribution in [0, 0.1) is 6.92 Å². The van der Waals surface area contributed by atoms with Gasteiger partial charge in [0, 0.05) is 18.9 Å². The van der Waals surface area contributed by atoms with Gasteiger partial charge in [-0.25, -0.2) is 4.98 Å². The Bertz CT molecular complexity index is 810. The van der Waals surface area contributed by atoms with Crippen molar-refractivity contribution >= 4 is 10.9 Å². The third-order valence-corrected chi connectivity index (χ3v) is 3.09. The summed E-state index contributed by atoms with van der Waals surface area (Å²) < 4.78 is 0. The first kappa shape index (κ1) is 13.4. The molecule has 3 aromatic rings. The zero-order valence-electron chi connectivity index (χ0n) is 11.6. The van der Waals surface area contributed by atoms with E-state index < -0.39 is 0 Å². The summed E-state index contributed by atoms with van der Waals surface area (Å²) in [6.07, 6.45) is 3.46. The number of H-pyrrole nitrogens is 1. The number of aryl methyl sites for hydroxylation is 1. The maximum Gasteiger partial charge on any atom is 0.258 e. The van der Waals surface area contributed by atoms with Crippen LogP contribution in [0.4, 0.5) is 0 Å². The molecule has 0 aliphatic carbocycles. The SMILES string of the molecule is Cc1cnc(CNCc2nc3ccccc3c(=O)[nH]2)cn1. The highest BCUT2D eigenvalue weighted by atomic mass is 16.1. The molecule has 0 fully saturated rings. The van der Waals surface area contributed by atoms with Crippen molar-refractivity contribution in [3.63, 3.8) is 0 Å². The van der Waals surface area contributed by atoms with Gasteiger partial charge in [0.1, 0.15) is 5.82 Å². The Morgan fingerprint density at radius 2 is 2.00 bits per heavy atom. The predicted octanol–water partition coefficient (Wildman–Crippen LogP) is 1.31. The molecule has 0 saturated heterocycles. The molecule has 0 bridgehead atoms. The van der Waals surface area contributed by atoms with Crippen LogP contribution >= 0.6 is 0 Å². The molecule has 0 radical (unpaired) electrons. The number of hydrogen-bond donors (Lipinski definition) is 2. The Morgan fingerprint density at radius 3 is 2.81 bits per heavy atom. The third kappa shape index (κ3) is 3.11. The summed E-state index contributed by atoms with van der Waals surface area (Å²) in [5.74, 6) is 0.610. The zero-order chi connectivity index (χ0) is 14.7. The van der Waals surface area contributed by atoms with E-state index in [1.165, 1.54) is 0 Å². The Morgan fingerprint density at radius 1 is 1.14 bits per heavy atom. The van der Waals surface area contributed by atoms with Crippen molar-refractivity contribution in [1.29, 1.82) is 0 Å². The quantitative estimate of drug-likeness (QED) is 0.753. The first-order valence-corrected chi connectivity index (χ1v) is 6.68. The number of benzene rings is 1. The van der Waals surface area contributed by atoms with Gasteiger partial charge in [0.05, 0.1) is 28.8 Å². The molecule has 2 heterocycles. The molecule has 0 unspecified atom stereocenters. The van der Waals surface area contributed by atoms with Crippen LogP contribution in [0.1, 0.15) is 17.2 Å². The minimum atomic E-state index is -0.118. The molecular formula is C15H15N5O. The summed E-state index contributed by atoms with van der Waals surface area (Å²) in [6.45, 7) is 2.94. The summed E-state index contributed by atoms with van der Waals surface area (Å²) in [6, 6.07) is 7.29. The maximum absolute atomic E-state index is 11.9. The molecule has 1 aromatic carbocycles. The van der Waals surface area contributed by atoms with Crippen LogP contribution in [0.2, 0.25) is 0 Å². The predicted molar refractivity (Wildman–Crippen MR) is 79.7 cm³/mol. The second-order valence-corrected chi connectivity index (χ2v) is 4.78. The molecule has 0 saturated carbocycles. The van der Waals surface area contributed by atoms with Crippen molar-refractivity contribution in [3.8, 4) is 0 Å². The molecule has 6 heteroatoms. The lowest BCUT2D eigenvalue weighted by atomic mass is 10.2. The Labute approximate surface area is 121 Å². The van der Waals surface area contributed by atoms with E-state index in [4.69, 9.17) is 0 Å². The van der Waals surface area contributed by atoms with Gasteiger partial charge in [-0.2, -0.15) is 0 Å². The number of aromatic amines is 1. The maximum atomic E-state index is 11.9. The molecule has 21 heavy (non-hydrogen) atoms. The van der Waals surface area contributed by atoms with Gasteiger partial charge in [-0.05, 0) is 19.1 Å². The molecule has 0 spiro atoms. The molecule has 0 amide bonds. The molecule has 106 valence electrons. The van der Waals surface area contributed by atoms with Gasteiger partial charge < -0.3 is 10.3 Å². The molecule has 0 aliphatic rings. The van der Waals surface area contributed by atoms with Crippen molar-refractivity contribution in [2.75, 3.05) is 0 Å². The van der Waals surface area contributed by atoms with Crippen molar-refractivity contribution in [3.05, 3.63) is 64.2 Å². The topological polar surface area (TPSA) is 83.6 Å². The number of para-hydroxylation sites is 1. The normalized spacial score (nSPS) is 10.9. The number of fused-ring (bicyclic) bond motifs is 1. The van der Waals surface area contributed by atoms with Gasteiger partial charge >= 0.3 is 0 Å². The van der Waals surface area contributed by atoms with Crippen LogP contribution in [0.25, 0.3) is 10.9 Å². The minimum absolute atomic E-state index is 0.118. The van der Waals surface area contributed by atoms with E-state index in [0.717, 1.165) is 11.4 Å². The van der Waals surface area contributed by atoms with Crippen molar-refractivity contribution in [2.24, 2.45) is 0 Å². The number of nitrogens with zero attached hydrogens (tertiary/aromatic N) is 3. The summed E-state index contributed by atoms with van der Waals surface area (Å²) in [4.78, 5) is 27.6. The van der Waals surface area contributed by atoms with E-state index in [9.17, 15) is 4.79 Å². The number of nitrogens with one attached hydrogen (secondary N) is 2. The van der Waals surface area contributed by atoms with Gasteiger partial charge in [0.2, 0.25) is 0 Å². The second-order valence-electron chi connectivity index (χ2n) is 4.78. The van der Waals surface area contributed by atoms with Crippen LogP contribution < -0.4 is 10.9 Å². The highest BCUT2D eigenvalue weighted by Crippen LogP contribution is 2.05. The minimum Gasteiger partial charge on any atom is -0.309 e. The van der Waals surface area contributed by atoms with Crippen LogP contribution in [0.5, 0.6) is 0 Å². The monoisotopic (exact) mass is 281 g/mol. The fourth-order valence-electron chi connectivity index (χ4n) is 2.04. The van der Waals surface area contributed by atoms with Gasteiger partial charge in [-0.1, -0.05) is 12.1 Å². The first-order valence-electron chi connectivity index (χ1n) is 6.68. The van der Waals surface area contributed by atoms with Crippen molar-refractivity contribution < 1.29 is 0 Å². The highest BCUT2D eigenvalue weighted by Gasteiger charge is 2.03. The van der Waals surface area contributed by atoms with Crippen LogP contribution in [-0.2, 0) is 13.1 Å². The molecule has 2 N–H and O–H groups in total. The number of hydrogen-bond acceptors (Lipinski definition) is 5. The third-order valence-electron chi connectivity index (χ3n) is 3.09. The Hall–Kier alpha value is -2.60. The van der Waals surface area contributed by atoms with E-state index in [1.807, 2.05) is 25.1 Å². The lowest BCUT2D eigenvalue weighted by molar-refractivity contribution is 0.649. The first-order chi connectivity index (χ1) is 10.2. The molecule has 6 nitrogen and oxygen atoms in total. The van der Waals surface area contributed by atoms with Crippen molar-refractivity contribution in [1.82, 2.24) is 25.3 Å². The highest BCUT2D eigenvalue weighted by molar-refractivity contribution is 5.77. The number of aromatic nitrogens is 4. The zero-order valence-corrected chi connectivity index (χ0v) is 11.6. The average molecular weight is 281 g/mol. The molecule has 0 atom stereocenters. The van der Waals surface area contributed by atoms with Crippen molar-refractivity contribution in [2.45, 2.75) is 20.0 Å². The average Bonchev–Trinajstić information content (AvgIpc) is 2.49.